The van der Waals surface area contributed by atoms with Gasteiger partial charge in [0.25, 0.3) is 0 Å². The summed E-state index contributed by atoms with van der Waals surface area (Å²) in [5, 5.41) is 3.43. The predicted molar refractivity (Wildman–Crippen MR) is 113 cm³/mol. The van der Waals surface area contributed by atoms with Crippen LogP contribution in [-0.4, -0.2) is 56.1 Å². The molecule has 0 atom stereocenters. The Bertz CT molecular complexity index is 845. The lowest BCUT2D eigenvalue weighted by molar-refractivity contribution is -0.117. The molecule has 2 aromatic rings. The number of thiophene rings is 1. The van der Waals surface area contributed by atoms with E-state index in [-0.39, 0.29) is 18.3 Å². The number of nitrogens with one attached hydrogen (secondary N) is 1. The molecule has 0 spiro atoms. The van der Waals surface area contributed by atoms with Crippen molar-refractivity contribution in [2.24, 2.45) is 0 Å². The number of benzene rings is 1. The first-order chi connectivity index (χ1) is 14.0. The Morgan fingerprint density at radius 1 is 1.14 bits per heavy atom. The molecule has 1 aromatic heterocycles. The quantitative estimate of drug-likeness (QED) is 0.697. The Hall–Kier alpha value is -2.45. The number of rotatable bonds is 7. The van der Waals surface area contributed by atoms with Crippen molar-refractivity contribution in [1.82, 2.24) is 4.90 Å². The molecule has 1 fully saturated rings. The summed E-state index contributed by atoms with van der Waals surface area (Å²) in [5.41, 5.74) is 1.41. The Morgan fingerprint density at radius 3 is 2.45 bits per heavy atom. The SMILES string of the molecule is CCOC(=O)c1cc(CC)sc1NC(=O)CN1CCN(c2ccc(F)cc2)CC1. The molecule has 0 radical (unpaired) electrons. The van der Waals surface area contributed by atoms with Gasteiger partial charge in [0.2, 0.25) is 5.91 Å². The Balaban J connectivity index is 1.54. The lowest BCUT2D eigenvalue weighted by atomic mass is 10.2. The second-order valence-corrected chi connectivity index (χ2v) is 7.95. The highest BCUT2D eigenvalue weighted by Crippen LogP contribution is 2.29. The number of anilines is 2. The van der Waals surface area contributed by atoms with Gasteiger partial charge in [0.05, 0.1) is 18.7 Å². The number of carbonyl (C=O) groups is 2. The minimum Gasteiger partial charge on any atom is -0.462 e. The maximum absolute atomic E-state index is 13.1. The van der Waals surface area contributed by atoms with Gasteiger partial charge in [-0.25, -0.2) is 9.18 Å². The summed E-state index contributed by atoms with van der Waals surface area (Å²) < 4.78 is 18.2. The zero-order valence-corrected chi connectivity index (χ0v) is 17.6. The van der Waals surface area contributed by atoms with Crippen LogP contribution in [0.25, 0.3) is 0 Å². The number of ether oxygens (including phenoxy) is 1. The van der Waals surface area contributed by atoms with Gasteiger partial charge in [0.15, 0.2) is 0 Å². The summed E-state index contributed by atoms with van der Waals surface area (Å²) in [6.07, 6.45) is 0.790. The first kappa shape index (κ1) is 21.3. The van der Waals surface area contributed by atoms with Crippen LogP contribution in [0.4, 0.5) is 15.1 Å². The second kappa shape index (κ2) is 9.84. The molecule has 1 aromatic carbocycles. The molecule has 1 saturated heterocycles. The third-order valence-electron chi connectivity index (χ3n) is 4.81. The van der Waals surface area contributed by atoms with Gasteiger partial charge < -0.3 is 15.0 Å². The molecule has 1 amide bonds. The summed E-state index contributed by atoms with van der Waals surface area (Å²) >= 11 is 1.41. The Morgan fingerprint density at radius 2 is 1.83 bits per heavy atom. The average molecular weight is 420 g/mol. The predicted octanol–water partition coefficient (Wildman–Crippen LogP) is 3.39. The van der Waals surface area contributed by atoms with Crippen LogP contribution in [0, 0.1) is 5.82 Å². The van der Waals surface area contributed by atoms with Crippen molar-refractivity contribution >= 4 is 33.9 Å². The van der Waals surface area contributed by atoms with Gasteiger partial charge in [-0.1, -0.05) is 6.92 Å². The van der Waals surface area contributed by atoms with Crippen LogP contribution in [-0.2, 0) is 16.0 Å². The van der Waals surface area contributed by atoms with Gasteiger partial charge in [-0.3, -0.25) is 9.69 Å². The first-order valence-electron chi connectivity index (χ1n) is 9.82. The fourth-order valence-electron chi connectivity index (χ4n) is 3.25. The molecule has 3 rings (SSSR count). The molecule has 1 aliphatic rings. The number of hydrogen-bond acceptors (Lipinski definition) is 6. The van der Waals surface area contributed by atoms with Crippen molar-refractivity contribution in [3.63, 3.8) is 0 Å². The van der Waals surface area contributed by atoms with E-state index in [1.165, 1.54) is 23.5 Å². The third-order valence-corrected chi connectivity index (χ3v) is 6.01. The molecule has 2 heterocycles. The highest BCUT2D eigenvalue weighted by Gasteiger charge is 2.22. The van der Waals surface area contributed by atoms with Crippen molar-refractivity contribution in [2.45, 2.75) is 20.3 Å². The molecule has 6 nitrogen and oxygen atoms in total. The first-order valence-corrected chi connectivity index (χ1v) is 10.6. The maximum atomic E-state index is 13.1. The van der Waals surface area contributed by atoms with Gasteiger partial charge in [0, 0.05) is 36.7 Å². The smallest absolute Gasteiger partial charge is 0.341 e. The highest BCUT2D eigenvalue weighted by molar-refractivity contribution is 7.16. The van der Waals surface area contributed by atoms with E-state index in [1.54, 1.807) is 25.1 Å². The van der Waals surface area contributed by atoms with Crippen molar-refractivity contribution in [1.29, 1.82) is 0 Å². The maximum Gasteiger partial charge on any atom is 0.341 e. The van der Waals surface area contributed by atoms with Crippen molar-refractivity contribution in [2.75, 3.05) is 49.5 Å². The zero-order chi connectivity index (χ0) is 20.8. The van der Waals surface area contributed by atoms with Gasteiger partial charge in [-0.15, -0.1) is 11.3 Å². The van der Waals surface area contributed by atoms with E-state index in [0.717, 1.165) is 43.2 Å². The number of aryl methyl sites for hydroxylation is 1. The van der Waals surface area contributed by atoms with Crippen LogP contribution < -0.4 is 10.2 Å². The normalized spacial score (nSPS) is 14.7. The van der Waals surface area contributed by atoms with Crippen LogP contribution in [0.5, 0.6) is 0 Å². The summed E-state index contributed by atoms with van der Waals surface area (Å²) in [7, 11) is 0. The largest absolute Gasteiger partial charge is 0.462 e. The number of halogens is 1. The third kappa shape index (κ3) is 5.55. The van der Waals surface area contributed by atoms with Crippen molar-refractivity contribution in [3.8, 4) is 0 Å². The molecule has 8 heteroatoms. The van der Waals surface area contributed by atoms with Crippen LogP contribution in [0.15, 0.2) is 30.3 Å². The van der Waals surface area contributed by atoms with E-state index in [1.807, 2.05) is 6.92 Å². The second-order valence-electron chi connectivity index (χ2n) is 6.82. The molecule has 0 bridgehead atoms. The molecule has 1 N–H and O–H groups in total. The Kier molecular flexibility index (Phi) is 7.22. The summed E-state index contributed by atoms with van der Waals surface area (Å²) in [6.45, 7) is 7.33. The van der Waals surface area contributed by atoms with E-state index in [2.05, 4.69) is 15.1 Å². The van der Waals surface area contributed by atoms with Crippen LogP contribution >= 0.6 is 11.3 Å². The molecular weight excluding hydrogens is 393 g/mol. The molecule has 0 aliphatic carbocycles. The van der Waals surface area contributed by atoms with E-state index in [0.29, 0.717) is 17.2 Å². The average Bonchev–Trinajstić information content (AvgIpc) is 3.12. The Labute approximate surface area is 174 Å². The fraction of sp³-hybridized carbons (Fsp3) is 0.429. The standard InChI is InChI=1S/C21H26FN3O3S/c1-3-17-13-18(21(27)28-4-2)20(29-17)23-19(26)14-24-9-11-25(12-10-24)16-7-5-15(22)6-8-16/h5-8,13H,3-4,9-12,14H2,1-2H3,(H,23,26). The summed E-state index contributed by atoms with van der Waals surface area (Å²) in [5.74, 6) is -0.798. The molecule has 0 unspecified atom stereocenters. The molecule has 0 saturated carbocycles. The van der Waals surface area contributed by atoms with E-state index in [4.69, 9.17) is 4.74 Å². The topological polar surface area (TPSA) is 61.9 Å². The number of carbonyl (C=O) groups excluding carboxylic acids is 2. The molecule has 1 aliphatic heterocycles. The minimum absolute atomic E-state index is 0.143. The number of hydrogen-bond donors (Lipinski definition) is 1. The number of piperazine rings is 1. The lowest BCUT2D eigenvalue weighted by Crippen LogP contribution is -2.48. The van der Waals surface area contributed by atoms with Gasteiger partial charge >= 0.3 is 5.97 Å². The van der Waals surface area contributed by atoms with Crippen LogP contribution in [0.1, 0.15) is 29.1 Å². The fourth-order valence-corrected chi connectivity index (χ4v) is 4.26. The van der Waals surface area contributed by atoms with Crippen LogP contribution in [0.3, 0.4) is 0 Å². The number of esters is 1. The number of nitrogens with zero attached hydrogens (tertiary/aromatic N) is 2. The van der Waals surface area contributed by atoms with E-state index < -0.39 is 5.97 Å². The highest BCUT2D eigenvalue weighted by atomic mass is 32.1. The zero-order valence-electron chi connectivity index (χ0n) is 16.7. The summed E-state index contributed by atoms with van der Waals surface area (Å²) in [4.78, 5) is 30.0. The minimum atomic E-state index is -0.410. The lowest BCUT2D eigenvalue weighted by Gasteiger charge is -2.35. The van der Waals surface area contributed by atoms with Gasteiger partial charge in [-0.2, -0.15) is 0 Å². The van der Waals surface area contributed by atoms with E-state index >= 15 is 0 Å². The molecular formula is C21H26FN3O3S. The van der Waals surface area contributed by atoms with Gasteiger partial charge in [-0.05, 0) is 43.7 Å². The summed E-state index contributed by atoms with van der Waals surface area (Å²) in [6, 6.07) is 8.26. The van der Waals surface area contributed by atoms with Crippen molar-refractivity contribution < 1.29 is 18.7 Å². The number of amides is 1. The molecule has 156 valence electrons. The van der Waals surface area contributed by atoms with Crippen LogP contribution in [0.2, 0.25) is 0 Å². The van der Waals surface area contributed by atoms with Crippen molar-refractivity contribution in [3.05, 3.63) is 46.6 Å². The molecule has 29 heavy (non-hydrogen) atoms. The van der Waals surface area contributed by atoms with Gasteiger partial charge in [0.1, 0.15) is 10.8 Å². The monoisotopic (exact) mass is 419 g/mol. The van der Waals surface area contributed by atoms with E-state index in [9.17, 15) is 14.0 Å².